The Morgan fingerprint density at radius 1 is 0.872 bits per heavy atom. The smallest absolute Gasteiger partial charge is 0.186 e. The zero-order valence-corrected chi connectivity index (χ0v) is 25.0. The van der Waals surface area contributed by atoms with E-state index in [1.54, 1.807) is 0 Å². The molecule has 2 fully saturated rings. The van der Waals surface area contributed by atoms with E-state index in [9.17, 15) is 13.3 Å². The van der Waals surface area contributed by atoms with E-state index in [-0.39, 0.29) is 23.9 Å². The Morgan fingerprint density at radius 2 is 1.46 bits per heavy atom. The van der Waals surface area contributed by atoms with E-state index < -0.39 is 35.4 Å². The van der Waals surface area contributed by atoms with Crippen molar-refractivity contribution >= 4 is 12.0 Å². The fourth-order valence-corrected chi connectivity index (χ4v) is 7.16. The standard InChI is InChI=1S/C30H42F4O2S.C2H6/c1-3-11-18(4-2)22-16-21(19-12-7-5-8-13-19)17-23(20-14-9-6-10-15-20)28(22)36-29-24(31)26(33)30(37-35)27(34)25(29)32;1-2/h16-20,24,26,29-30,35H,3-15H2,1-2H3;1-2H3. The predicted octanol–water partition coefficient (Wildman–Crippen LogP) is 11.3. The molecule has 1 aromatic rings. The molecule has 0 aliphatic heterocycles. The minimum absolute atomic E-state index is 0.131. The Kier molecular flexibility index (Phi) is 13.0. The van der Waals surface area contributed by atoms with Gasteiger partial charge in [0.25, 0.3) is 0 Å². The first-order valence-electron chi connectivity index (χ1n) is 15.4. The van der Waals surface area contributed by atoms with Gasteiger partial charge in [-0.25, -0.2) is 17.6 Å². The largest absolute Gasteiger partial charge is 0.479 e. The van der Waals surface area contributed by atoms with Gasteiger partial charge < -0.3 is 9.29 Å². The van der Waals surface area contributed by atoms with Gasteiger partial charge in [0.1, 0.15) is 11.0 Å². The molecule has 0 radical (unpaired) electrons. The maximum absolute atomic E-state index is 15.2. The van der Waals surface area contributed by atoms with Gasteiger partial charge in [0.2, 0.25) is 0 Å². The van der Waals surface area contributed by atoms with Crippen LogP contribution in [-0.4, -0.2) is 28.3 Å². The summed E-state index contributed by atoms with van der Waals surface area (Å²) in [7, 11) is 0. The van der Waals surface area contributed by atoms with Crippen LogP contribution in [0, 0.1) is 0 Å². The van der Waals surface area contributed by atoms with Gasteiger partial charge in [-0.3, -0.25) is 0 Å². The van der Waals surface area contributed by atoms with Crippen LogP contribution in [0.5, 0.6) is 5.75 Å². The van der Waals surface area contributed by atoms with Gasteiger partial charge in [0.05, 0.1) is 0 Å². The Labute approximate surface area is 237 Å². The van der Waals surface area contributed by atoms with Crippen LogP contribution < -0.4 is 4.74 Å². The van der Waals surface area contributed by atoms with Gasteiger partial charge in [-0.15, -0.1) is 0 Å². The second-order valence-corrected chi connectivity index (χ2v) is 12.0. The summed E-state index contributed by atoms with van der Waals surface area (Å²) in [4.78, 5) is 0. The number of benzene rings is 1. The van der Waals surface area contributed by atoms with E-state index in [0.29, 0.717) is 11.7 Å². The molecule has 5 atom stereocenters. The van der Waals surface area contributed by atoms with E-state index >= 15 is 8.78 Å². The van der Waals surface area contributed by atoms with Gasteiger partial charge in [-0.2, -0.15) is 0 Å². The molecular weight excluding hydrogens is 524 g/mol. The summed E-state index contributed by atoms with van der Waals surface area (Å²) in [6.07, 6.45) is 7.06. The number of ether oxygens (including phenoxy) is 1. The number of hydrogen-bond acceptors (Lipinski definition) is 3. The average molecular weight is 573 g/mol. The fourth-order valence-electron chi connectivity index (χ4n) is 6.69. The molecule has 0 spiro atoms. The summed E-state index contributed by atoms with van der Waals surface area (Å²) in [5.74, 6) is -1.70. The third-order valence-electron chi connectivity index (χ3n) is 8.83. The molecule has 2 nitrogen and oxygen atoms in total. The zero-order chi connectivity index (χ0) is 28.5. The van der Waals surface area contributed by atoms with Gasteiger partial charge >= 0.3 is 0 Å². The van der Waals surface area contributed by atoms with Gasteiger partial charge in [0.15, 0.2) is 30.1 Å². The SMILES string of the molecule is CC.CCCC(CC)c1cc(C2CCCCC2)cc(C2CCCCC2)c1OC1C(F)=C(F)C(SO)C(F)C1F. The Morgan fingerprint density at radius 3 is 2.00 bits per heavy atom. The van der Waals surface area contributed by atoms with E-state index in [1.807, 2.05) is 13.8 Å². The lowest BCUT2D eigenvalue weighted by molar-refractivity contribution is 0.0325. The average Bonchev–Trinajstić information content (AvgIpc) is 2.99. The van der Waals surface area contributed by atoms with Crippen molar-refractivity contribution in [2.45, 2.75) is 153 Å². The lowest BCUT2D eigenvalue weighted by atomic mass is 9.76. The molecule has 3 aliphatic rings. The zero-order valence-electron chi connectivity index (χ0n) is 24.2. The third kappa shape index (κ3) is 7.36. The van der Waals surface area contributed by atoms with Crippen molar-refractivity contribution in [1.82, 2.24) is 0 Å². The Balaban J connectivity index is 0.00000205. The summed E-state index contributed by atoms with van der Waals surface area (Å²) in [6.45, 7) is 8.23. The van der Waals surface area contributed by atoms with Crippen LogP contribution in [0.1, 0.15) is 146 Å². The van der Waals surface area contributed by atoms with E-state index in [2.05, 4.69) is 26.0 Å². The molecular formula is C32H48F4O2S. The van der Waals surface area contributed by atoms with E-state index in [4.69, 9.17) is 4.74 Å². The predicted molar refractivity (Wildman–Crippen MR) is 155 cm³/mol. The molecule has 4 rings (SSSR count). The highest BCUT2D eigenvalue weighted by Crippen LogP contribution is 2.48. The monoisotopic (exact) mass is 572 g/mol. The van der Waals surface area contributed by atoms with Crippen molar-refractivity contribution in [1.29, 1.82) is 0 Å². The van der Waals surface area contributed by atoms with Crippen LogP contribution in [0.3, 0.4) is 0 Å². The highest BCUT2D eigenvalue weighted by Gasteiger charge is 2.49. The number of hydrogen-bond donors (Lipinski definition) is 1. The molecule has 0 amide bonds. The van der Waals surface area contributed by atoms with Crippen LogP contribution >= 0.6 is 12.0 Å². The summed E-state index contributed by atoms with van der Waals surface area (Å²) in [6, 6.07) is 4.37. The second-order valence-electron chi connectivity index (χ2n) is 11.2. The molecule has 7 heteroatoms. The quantitative estimate of drug-likeness (QED) is 0.236. The first-order chi connectivity index (χ1) is 18.9. The molecule has 0 aromatic heterocycles. The minimum Gasteiger partial charge on any atom is -0.479 e. The molecule has 1 aromatic carbocycles. The van der Waals surface area contributed by atoms with Gasteiger partial charge in [0, 0.05) is 12.0 Å². The van der Waals surface area contributed by atoms with Crippen molar-refractivity contribution in [3.8, 4) is 5.75 Å². The van der Waals surface area contributed by atoms with Crippen molar-refractivity contribution < 1.29 is 26.9 Å². The molecule has 0 bridgehead atoms. The number of rotatable bonds is 9. The highest BCUT2D eigenvalue weighted by molar-refractivity contribution is 7.94. The first-order valence-corrected chi connectivity index (χ1v) is 16.2. The first kappa shape index (κ1) is 32.3. The molecule has 222 valence electrons. The lowest BCUT2D eigenvalue weighted by Crippen LogP contribution is -2.46. The molecule has 5 unspecified atom stereocenters. The molecule has 39 heavy (non-hydrogen) atoms. The molecule has 1 N–H and O–H groups in total. The second kappa shape index (κ2) is 15.7. The Hall–Kier alpha value is -1.21. The van der Waals surface area contributed by atoms with Crippen molar-refractivity contribution in [2.24, 2.45) is 0 Å². The third-order valence-corrected chi connectivity index (χ3v) is 9.52. The van der Waals surface area contributed by atoms with Crippen LogP contribution in [0.2, 0.25) is 0 Å². The van der Waals surface area contributed by atoms with Crippen LogP contribution in [-0.2, 0) is 0 Å². The normalized spacial score (nSPS) is 27.6. The minimum atomic E-state index is -2.42. The van der Waals surface area contributed by atoms with Crippen LogP contribution in [0.25, 0.3) is 0 Å². The van der Waals surface area contributed by atoms with Gasteiger partial charge in [-0.05, 0) is 73.0 Å². The summed E-state index contributed by atoms with van der Waals surface area (Å²) in [5, 5.41) is -1.91. The van der Waals surface area contributed by atoms with Crippen molar-refractivity contribution in [2.75, 3.05) is 0 Å². The summed E-state index contributed by atoms with van der Waals surface area (Å²) in [5.41, 5.74) is 3.17. The molecule has 3 aliphatic carbocycles. The lowest BCUT2D eigenvalue weighted by Gasteiger charge is -2.35. The number of halogens is 4. The maximum atomic E-state index is 15.2. The van der Waals surface area contributed by atoms with Crippen LogP contribution in [0.4, 0.5) is 17.6 Å². The summed E-state index contributed by atoms with van der Waals surface area (Å²) >= 11 is -0.204. The van der Waals surface area contributed by atoms with Crippen molar-refractivity contribution in [3.05, 3.63) is 40.5 Å². The van der Waals surface area contributed by atoms with Crippen molar-refractivity contribution in [3.63, 3.8) is 0 Å². The maximum Gasteiger partial charge on any atom is 0.186 e. The van der Waals surface area contributed by atoms with E-state index in [0.717, 1.165) is 75.3 Å². The summed E-state index contributed by atoms with van der Waals surface area (Å²) < 4.78 is 75.2. The fraction of sp³-hybridized carbons (Fsp3) is 0.750. The molecule has 2 saturated carbocycles. The van der Waals surface area contributed by atoms with Gasteiger partial charge in [-0.1, -0.05) is 84.8 Å². The number of alkyl halides is 2. The molecule has 0 saturated heterocycles. The topological polar surface area (TPSA) is 29.5 Å². The van der Waals surface area contributed by atoms with Crippen LogP contribution in [0.15, 0.2) is 23.8 Å². The highest BCUT2D eigenvalue weighted by atomic mass is 32.2. The van der Waals surface area contributed by atoms with E-state index in [1.165, 1.54) is 24.8 Å². The Bertz CT molecular complexity index is 901. The molecule has 0 heterocycles.